The molecule has 4 rings (SSSR count). The van der Waals surface area contributed by atoms with Crippen molar-refractivity contribution < 1.29 is 27.8 Å². The average molecular weight is 328 g/mol. The second kappa shape index (κ2) is 6.07. The Kier molecular flexibility index (Phi) is 3.62. The van der Waals surface area contributed by atoms with Crippen LogP contribution in [0.4, 0.5) is 0 Å². The quantitative estimate of drug-likeness (QED) is 0.673. The largest absolute Gasteiger partial charge is 0.485 e. The molecule has 1 aromatic carbocycles. The van der Waals surface area contributed by atoms with E-state index in [1.54, 1.807) is 30.3 Å². The average Bonchev–Trinajstić information content (AvgIpc) is 3.30. The van der Waals surface area contributed by atoms with Crippen LogP contribution in [0.25, 0.3) is 11.7 Å². The first kappa shape index (κ1) is 14.3. The van der Waals surface area contributed by atoms with Crippen molar-refractivity contribution in [2.24, 2.45) is 0 Å². The van der Waals surface area contributed by atoms with Crippen molar-refractivity contribution >= 4 is 5.97 Å². The van der Waals surface area contributed by atoms with Crippen LogP contribution in [0.15, 0.2) is 51.5 Å². The standard InChI is InChI=1S/C16H12N2O6/c19-16(13-8-21-10-4-1-2-5-11(10)23-13)22-9-14-17-18-15(24-14)12-6-3-7-20-12/h1-7,13H,8-9H2/t13-/m0/s1. The fraction of sp³-hybridized carbons (Fsp3) is 0.188. The van der Waals surface area contributed by atoms with Crippen LogP contribution >= 0.6 is 0 Å². The van der Waals surface area contributed by atoms with Crippen LogP contribution in [0.2, 0.25) is 0 Å². The summed E-state index contributed by atoms with van der Waals surface area (Å²) in [6.07, 6.45) is 0.657. The van der Waals surface area contributed by atoms with Gasteiger partial charge in [-0.3, -0.25) is 0 Å². The molecule has 122 valence electrons. The van der Waals surface area contributed by atoms with E-state index in [2.05, 4.69) is 10.2 Å². The summed E-state index contributed by atoms with van der Waals surface area (Å²) in [4.78, 5) is 12.1. The number of aromatic nitrogens is 2. The minimum absolute atomic E-state index is 0.0807. The molecule has 0 unspecified atom stereocenters. The van der Waals surface area contributed by atoms with Gasteiger partial charge in [-0.25, -0.2) is 4.79 Å². The van der Waals surface area contributed by atoms with Gasteiger partial charge in [0.25, 0.3) is 11.8 Å². The molecule has 0 saturated carbocycles. The number of ether oxygens (including phenoxy) is 3. The van der Waals surface area contributed by atoms with Crippen LogP contribution < -0.4 is 9.47 Å². The molecule has 8 nitrogen and oxygen atoms in total. The summed E-state index contributed by atoms with van der Waals surface area (Å²) in [5.74, 6) is 1.36. The first-order valence-electron chi connectivity index (χ1n) is 7.21. The van der Waals surface area contributed by atoms with Gasteiger partial charge in [-0.2, -0.15) is 0 Å². The smallest absolute Gasteiger partial charge is 0.351 e. The molecule has 0 bridgehead atoms. The fourth-order valence-corrected chi connectivity index (χ4v) is 2.17. The van der Waals surface area contributed by atoms with Crippen LogP contribution in [0, 0.1) is 0 Å². The molecule has 0 radical (unpaired) electrons. The van der Waals surface area contributed by atoms with Gasteiger partial charge < -0.3 is 23.0 Å². The van der Waals surface area contributed by atoms with E-state index >= 15 is 0 Å². The lowest BCUT2D eigenvalue weighted by molar-refractivity contribution is -0.156. The van der Waals surface area contributed by atoms with Gasteiger partial charge in [0, 0.05) is 0 Å². The maximum absolute atomic E-state index is 12.1. The third kappa shape index (κ3) is 2.81. The molecule has 0 saturated heterocycles. The molecule has 8 heteroatoms. The predicted molar refractivity (Wildman–Crippen MR) is 78.1 cm³/mol. The van der Waals surface area contributed by atoms with Crippen LogP contribution in [-0.2, 0) is 16.1 Å². The number of benzene rings is 1. The Morgan fingerprint density at radius 1 is 1.17 bits per heavy atom. The Balaban J connectivity index is 1.36. The number of fused-ring (bicyclic) bond motifs is 1. The van der Waals surface area contributed by atoms with Crippen molar-refractivity contribution in [2.75, 3.05) is 6.61 Å². The molecule has 0 N–H and O–H groups in total. The molecular formula is C16H12N2O6. The molecular weight excluding hydrogens is 316 g/mol. The van der Waals surface area contributed by atoms with Crippen molar-refractivity contribution in [1.29, 1.82) is 0 Å². The molecule has 1 atom stereocenters. The first-order chi connectivity index (χ1) is 11.8. The normalized spacial score (nSPS) is 15.9. The van der Waals surface area contributed by atoms with Crippen molar-refractivity contribution in [3.8, 4) is 23.1 Å². The lowest BCUT2D eigenvalue weighted by atomic mass is 10.2. The summed E-state index contributed by atoms with van der Waals surface area (Å²) in [5, 5.41) is 7.62. The van der Waals surface area contributed by atoms with Gasteiger partial charge in [0.2, 0.25) is 6.10 Å². The summed E-state index contributed by atoms with van der Waals surface area (Å²) in [6.45, 7) is -0.0780. The summed E-state index contributed by atoms with van der Waals surface area (Å²) < 4.78 is 26.7. The van der Waals surface area contributed by atoms with Crippen LogP contribution in [-0.4, -0.2) is 28.9 Å². The number of rotatable bonds is 4. The molecule has 0 aliphatic carbocycles. The number of esters is 1. The fourth-order valence-electron chi connectivity index (χ4n) is 2.17. The molecule has 1 aliphatic rings. The predicted octanol–water partition coefficient (Wildman–Crippen LogP) is 2.21. The molecule has 24 heavy (non-hydrogen) atoms. The van der Waals surface area contributed by atoms with Gasteiger partial charge in [-0.1, -0.05) is 12.1 Å². The van der Waals surface area contributed by atoms with Crippen molar-refractivity contribution in [1.82, 2.24) is 10.2 Å². The maximum atomic E-state index is 12.1. The SMILES string of the molecule is O=C(OCc1nnc(-c2ccco2)o1)[C@@H]1COc2ccccc2O1. The number of furan rings is 1. The van der Waals surface area contributed by atoms with E-state index < -0.39 is 12.1 Å². The van der Waals surface area contributed by atoms with Crippen LogP contribution in [0.5, 0.6) is 11.5 Å². The lowest BCUT2D eigenvalue weighted by Gasteiger charge is -2.24. The van der Waals surface area contributed by atoms with Crippen molar-refractivity contribution in [2.45, 2.75) is 12.7 Å². The van der Waals surface area contributed by atoms with E-state index in [0.717, 1.165) is 0 Å². The number of hydrogen-bond acceptors (Lipinski definition) is 8. The molecule has 0 spiro atoms. The van der Waals surface area contributed by atoms with E-state index in [1.165, 1.54) is 6.26 Å². The highest BCUT2D eigenvalue weighted by molar-refractivity contribution is 5.75. The zero-order valence-corrected chi connectivity index (χ0v) is 12.4. The second-order valence-electron chi connectivity index (χ2n) is 4.95. The zero-order valence-electron chi connectivity index (χ0n) is 12.4. The highest BCUT2D eigenvalue weighted by Gasteiger charge is 2.29. The zero-order chi connectivity index (χ0) is 16.4. The van der Waals surface area contributed by atoms with Crippen molar-refractivity contribution in [3.63, 3.8) is 0 Å². The minimum Gasteiger partial charge on any atom is -0.485 e. The third-order valence-electron chi connectivity index (χ3n) is 3.31. The summed E-state index contributed by atoms with van der Waals surface area (Å²) in [7, 11) is 0. The Labute approximate surface area is 135 Å². The number of hydrogen-bond donors (Lipinski definition) is 0. The molecule has 2 aromatic heterocycles. The Morgan fingerprint density at radius 2 is 2.04 bits per heavy atom. The van der Waals surface area contributed by atoms with E-state index in [0.29, 0.717) is 17.3 Å². The Bertz CT molecular complexity index is 842. The molecule has 3 heterocycles. The minimum atomic E-state index is -0.840. The number of para-hydroxylation sites is 2. The van der Waals surface area contributed by atoms with Gasteiger partial charge in [-0.05, 0) is 24.3 Å². The first-order valence-corrected chi connectivity index (χ1v) is 7.21. The van der Waals surface area contributed by atoms with Gasteiger partial charge in [0.05, 0.1) is 6.26 Å². The lowest BCUT2D eigenvalue weighted by Crippen LogP contribution is -2.37. The number of nitrogens with zero attached hydrogens (tertiary/aromatic N) is 2. The Hall–Kier alpha value is -3.29. The van der Waals surface area contributed by atoms with E-state index in [-0.39, 0.29) is 25.0 Å². The molecule has 3 aromatic rings. The summed E-state index contributed by atoms with van der Waals surface area (Å²) >= 11 is 0. The number of carbonyl (C=O) groups is 1. The van der Waals surface area contributed by atoms with Gasteiger partial charge in [0.1, 0.15) is 6.61 Å². The maximum Gasteiger partial charge on any atom is 0.351 e. The monoisotopic (exact) mass is 328 g/mol. The van der Waals surface area contributed by atoms with Gasteiger partial charge in [-0.15, -0.1) is 10.2 Å². The topological polar surface area (TPSA) is 96.8 Å². The third-order valence-corrected chi connectivity index (χ3v) is 3.31. The molecule has 0 fully saturated rings. The van der Waals surface area contributed by atoms with Crippen LogP contribution in [0.3, 0.4) is 0 Å². The highest BCUT2D eigenvalue weighted by atomic mass is 16.6. The van der Waals surface area contributed by atoms with E-state index in [1.807, 2.05) is 6.07 Å². The molecule has 0 amide bonds. The highest BCUT2D eigenvalue weighted by Crippen LogP contribution is 2.31. The van der Waals surface area contributed by atoms with E-state index in [9.17, 15) is 4.79 Å². The van der Waals surface area contributed by atoms with Crippen LogP contribution in [0.1, 0.15) is 5.89 Å². The van der Waals surface area contributed by atoms with Gasteiger partial charge in [0.15, 0.2) is 23.9 Å². The number of carbonyl (C=O) groups excluding carboxylic acids is 1. The summed E-state index contributed by atoms with van der Waals surface area (Å²) in [5.41, 5.74) is 0. The summed E-state index contributed by atoms with van der Waals surface area (Å²) in [6, 6.07) is 10.5. The Morgan fingerprint density at radius 3 is 2.88 bits per heavy atom. The van der Waals surface area contributed by atoms with Crippen molar-refractivity contribution in [3.05, 3.63) is 48.6 Å². The molecule has 1 aliphatic heterocycles. The van der Waals surface area contributed by atoms with Gasteiger partial charge >= 0.3 is 5.97 Å². The van der Waals surface area contributed by atoms with E-state index in [4.69, 9.17) is 23.0 Å². The second-order valence-corrected chi connectivity index (χ2v) is 4.95.